The van der Waals surface area contributed by atoms with E-state index in [2.05, 4.69) is 10.2 Å². The maximum atomic E-state index is 13.1. The van der Waals surface area contributed by atoms with Crippen LogP contribution in [-0.4, -0.2) is 58.5 Å². The van der Waals surface area contributed by atoms with Crippen LogP contribution < -0.4 is 4.74 Å². The Bertz CT molecular complexity index is 706. The standard InChI is InChI=1S/C16H18FN3O4/c17-11-2-1-3-14(6-11)24-9-12-7-15(19-18-12)16(22)20-4-5-23-10-13(20)8-21/h1-3,6-7,13,21H,4-5,8-10H2,(H,18,19)/t13-/m0/s1. The summed E-state index contributed by atoms with van der Waals surface area (Å²) in [4.78, 5) is 14.0. The summed E-state index contributed by atoms with van der Waals surface area (Å²) in [6.07, 6.45) is 0. The van der Waals surface area contributed by atoms with Crippen LogP contribution in [0, 0.1) is 5.82 Å². The lowest BCUT2D eigenvalue weighted by atomic mass is 10.2. The second kappa shape index (κ2) is 7.41. The second-order valence-electron chi connectivity index (χ2n) is 5.43. The van der Waals surface area contributed by atoms with E-state index in [1.807, 2.05) is 0 Å². The van der Waals surface area contributed by atoms with Gasteiger partial charge in [-0.25, -0.2) is 4.39 Å². The number of halogens is 1. The number of aliphatic hydroxyl groups is 1. The Balaban J connectivity index is 1.63. The van der Waals surface area contributed by atoms with E-state index in [4.69, 9.17) is 9.47 Å². The van der Waals surface area contributed by atoms with E-state index in [9.17, 15) is 14.3 Å². The monoisotopic (exact) mass is 335 g/mol. The van der Waals surface area contributed by atoms with Crippen molar-refractivity contribution in [2.45, 2.75) is 12.6 Å². The molecule has 24 heavy (non-hydrogen) atoms. The zero-order valence-electron chi connectivity index (χ0n) is 12.9. The van der Waals surface area contributed by atoms with Crippen molar-refractivity contribution in [3.63, 3.8) is 0 Å². The van der Waals surface area contributed by atoms with Gasteiger partial charge in [0.15, 0.2) is 5.69 Å². The zero-order chi connectivity index (χ0) is 16.9. The Labute approximate surface area is 138 Å². The summed E-state index contributed by atoms with van der Waals surface area (Å²) >= 11 is 0. The number of aliphatic hydroxyl groups excluding tert-OH is 1. The molecule has 2 heterocycles. The molecular weight excluding hydrogens is 317 g/mol. The van der Waals surface area contributed by atoms with Crippen molar-refractivity contribution in [1.29, 1.82) is 0 Å². The first-order chi connectivity index (χ1) is 11.7. The van der Waals surface area contributed by atoms with Crippen LogP contribution in [0.25, 0.3) is 0 Å². The number of ether oxygens (including phenoxy) is 2. The normalized spacial score (nSPS) is 17.8. The number of morpholine rings is 1. The summed E-state index contributed by atoms with van der Waals surface area (Å²) in [5.41, 5.74) is 0.838. The highest BCUT2D eigenvalue weighted by Crippen LogP contribution is 2.15. The SMILES string of the molecule is O=C(c1cc(COc2cccc(F)c2)[nH]n1)N1CCOC[C@@H]1CO. The van der Waals surface area contributed by atoms with Crippen LogP contribution in [0.15, 0.2) is 30.3 Å². The molecule has 0 unspecified atom stereocenters. The Kier molecular flexibility index (Phi) is 5.07. The van der Waals surface area contributed by atoms with Gasteiger partial charge in [-0.15, -0.1) is 0 Å². The number of amides is 1. The number of hydrogen-bond donors (Lipinski definition) is 2. The number of carbonyl (C=O) groups is 1. The fourth-order valence-corrected chi connectivity index (χ4v) is 2.48. The molecule has 1 amide bonds. The number of carbonyl (C=O) groups excluding carboxylic acids is 1. The number of H-pyrrole nitrogens is 1. The molecule has 0 aliphatic carbocycles. The van der Waals surface area contributed by atoms with Crippen LogP contribution in [0.2, 0.25) is 0 Å². The molecule has 1 atom stereocenters. The number of benzene rings is 1. The first-order valence-corrected chi connectivity index (χ1v) is 7.59. The molecule has 1 aliphatic rings. The molecule has 0 radical (unpaired) electrons. The predicted octanol–water partition coefficient (Wildman–Crippen LogP) is 0.961. The predicted molar refractivity (Wildman–Crippen MR) is 82.0 cm³/mol. The van der Waals surface area contributed by atoms with Gasteiger partial charge in [0, 0.05) is 12.6 Å². The molecule has 1 saturated heterocycles. The van der Waals surface area contributed by atoms with E-state index in [0.29, 0.717) is 31.2 Å². The quantitative estimate of drug-likeness (QED) is 0.850. The summed E-state index contributed by atoms with van der Waals surface area (Å²) in [7, 11) is 0. The second-order valence-corrected chi connectivity index (χ2v) is 5.43. The number of aromatic nitrogens is 2. The van der Waals surface area contributed by atoms with Gasteiger partial charge in [-0.1, -0.05) is 6.07 Å². The van der Waals surface area contributed by atoms with E-state index in [1.165, 1.54) is 12.1 Å². The van der Waals surface area contributed by atoms with Gasteiger partial charge in [0.2, 0.25) is 0 Å². The lowest BCUT2D eigenvalue weighted by Crippen LogP contribution is -2.50. The third-order valence-corrected chi connectivity index (χ3v) is 3.74. The number of nitrogens with zero attached hydrogens (tertiary/aromatic N) is 2. The summed E-state index contributed by atoms with van der Waals surface area (Å²) in [6.45, 7) is 1.12. The van der Waals surface area contributed by atoms with Gasteiger partial charge in [0.1, 0.15) is 18.2 Å². The first kappa shape index (κ1) is 16.4. The van der Waals surface area contributed by atoms with Crippen LogP contribution in [0.3, 0.4) is 0 Å². The average molecular weight is 335 g/mol. The molecule has 0 saturated carbocycles. The van der Waals surface area contributed by atoms with Gasteiger partial charge < -0.3 is 19.5 Å². The maximum Gasteiger partial charge on any atom is 0.274 e. The molecule has 8 heteroatoms. The fourth-order valence-electron chi connectivity index (χ4n) is 2.48. The molecular formula is C16H18FN3O4. The maximum absolute atomic E-state index is 13.1. The smallest absolute Gasteiger partial charge is 0.274 e. The molecule has 2 N–H and O–H groups in total. The van der Waals surface area contributed by atoms with E-state index >= 15 is 0 Å². The Hall–Kier alpha value is -2.45. The molecule has 1 aliphatic heterocycles. The molecule has 128 valence electrons. The topological polar surface area (TPSA) is 87.7 Å². The van der Waals surface area contributed by atoms with E-state index < -0.39 is 0 Å². The summed E-state index contributed by atoms with van der Waals surface area (Å²) in [5, 5.41) is 16.1. The summed E-state index contributed by atoms with van der Waals surface area (Å²) in [5.74, 6) is -0.257. The van der Waals surface area contributed by atoms with Crippen LogP contribution in [0.5, 0.6) is 5.75 Å². The first-order valence-electron chi connectivity index (χ1n) is 7.59. The van der Waals surface area contributed by atoms with Crippen LogP contribution in [-0.2, 0) is 11.3 Å². The summed E-state index contributed by atoms with van der Waals surface area (Å²) < 4.78 is 23.8. The number of rotatable bonds is 5. The molecule has 0 bridgehead atoms. The lowest BCUT2D eigenvalue weighted by Gasteiger charge is -2.33. The highest BCUT2D eigenvalue weighted by atomic mass is 19.1. The van der Waals surface area contributed by atoms with Crippen LogP contribution in [0.4, 0.5) is 4.39 Å². The van der Waals surface area contributed by atoms with Crippen molar-refractivity contribution in [1.82, 2.24) is 15.1 Å². The number of nitrogens with one attached hydrogen (secondary N) is 1. The molecule has 0 spiro atoms. The highest BCUT2D eigenvalue weighted by Gasteiger charge is 2.28. The van der Waals surface area contributed by atoms with Crippen molar-refractivity contribution in [2.75, 3.05) is 26.4 Å². The third-order valence-electron chi connectivity index (χ3n) is 3.74. The van der Waals surface area contributed by atoms with Gasteiger partial charge in [0.05, 0.1) is 31.6 Å². The largest absolute Gasteiger partial charge is 0.487 e. The Morgan fingerprint density at radius 2 is 2.38 bits per heavy atom. The molecule has 1 fully saturated rings. The minimum atomic E-state index is -0.379. The molecule has 1 aromatic carbocycles. The van der Waals surface area contributed by atoms with Crippen molar-refractivity contribution in [2.24, 2.45) is 0 Å². The molecule has 2 aromatic rings. The fraction of sp³-hybridized carbons (Fsp3) is 0.375. The van der Waals surface area contributed by atoms with E-state index in [1.54, 1.807) is 23.1 Å². The lowest BCUT2D eigenvalue weighted by molar-refractivity contribution is -0.0186. The van der Waals surface area contributed by atoms with E-state index in [0.717, 1.165) is 0 Å². The van der Waals surface area contributed by atoms with Gasteiger partial charge >= 0.3 is 0 Å². The number of hydrogen-bond acceptors (Lipinski definition) is 5. The third kappa shape index (κ3) is 3.72. The molecule has 1 aromatic heterocycles. The van der Waals surface area contributed by atoms with Crippen LogP contribution in [0.1, 0.15) is 16.2 Å². The van der Waals surface area contributed by atoms with E-state index in [-0.39, 0.29) is 36.7 Å². The van der Waals surface area contributed by atoms with Crippen molar-refractivity contribution in [3.05, 3.63) is 47.5 Å². The van der Waals surface area contributed by atoms with Gasteiger partial charge in [0.25, 0.3) is 5.91 Å². The zero-order valence-corrected chi connectivity index (χ0v) is 12.9. The summed E-state index contributed by atoms with van der Waals surface area (Å²) in [6, 6.07) is 7.04. The Morgan fingerprint density at radius 3 is 3.17 bits per heavy atom. The minimum absolute atomic E-state index is 0.135. The minimum Gasteiger partial charge on any atom is -0.487 e. The highest BCUT2D eigenvalue weighted by molar-refractivity contribution is 5.92. The molecule has 7 nitrogen and oxygen atoms in total. The van der Waals surface area contributed by atoms with Crippen molar-refractivity contribution in [3.8, 4) is 5.75 Å². The van der Waals surface area contributed by atoms with Gasteiger partial charge in [-0.2, -0.15) is 5.10 Å². The van der Waals surface area contributed by atoms with Gasteiger partial charge in [-0.05, 0) is 18.2 Å². The van der Waals surface area contributed by atoms with Crippen molar-refractivity contribution >= 4 is 5.91 Å². The number of aromatic amines is 1. The molecule has 3 rings (SSSR count). The Morgan fingerprint density at radius 1 is 1.50 bits per heavy atom. The van der Waals surface area contributed by atoms with Crippen molar-refractivity contribution < 1.29 is 23.8 Å². The average Bonchev–Trinajstić information content (AvgIpc) is 3.08. The van der Waals surface area contributed by atoms with Gasteiger partial charge in [-0.3, -0.25) is 9.89 Å². The van der Waals surface area contributed by atoms with Crippen LogP contribution >= 0.6 is 0 Å².